The molecule has 0 unspecified atom stereocenters. The van der Waals surface area contributed by atoms with Gasteiger partial charge in [-0.25, -0.2) is 9.69 Å². The van der Waals surface area contributed by atoms with E-state index in [1.54, 1.807) is 0 Å². The zero-order valence-electron chi connectivity index (χ0n) is 18.0. The van der Waals surface area contributed by atoms with Crippen LogP contribution in [-0.4, -0.2) is 43.5 Å². The van der Waals surface area contributed by atoms with Gasteiger partial charge >= 0.3 is 6.09 Å². The minimum absolute atomic E-state index is 0.0741. The molecule has 3 aliphatic rings. The molecule has 0 radical (unpaired) electrons. The van der Waals surface area contributed by atoms with Gasteiger partial charge in [0.1, 0.15) is 5.60 Å². The number of rotatable bonds is 3. The Morgan fingerprint density at radius 3 is 2.30 bits per heavy atom. The minimum atomic E-state index is -1.98. The molecule has 3 rings (SSSR count). The molecule has 0 aromatic carbocycles. The Morgan fingerprint density at radius 1 is 1.15 bits per heavy atom. The average molecular weight is 394 g/mol. The van der Waals surface area contributed by atoms with Gasteiger partial charge in [-0.1, -0.05) is 32.9 Å². The van der Waals surface area contributed by atoms with Crippen LogP contribution in [-0.2, 0) is 14.0 Å². The van der Waals surface area contributed by atoms with Crippen molar-refractivity contribution in [2.75, 3.05) is 6.61 Å². The Morgan fingerprint density at radius 2 is 1.74 bits per heavy atom. The van der Waals surface area contributed by atoms with Crippen molar-refractivity contribution >= 4 is 20.3 Å². The SMILES string of the molecule is CC(C)(C)OC(=O)N1C(=O)[C@H]2[C@H]([C@@H]3C=C[C@H]2C3)[C@H]1CO[Si](C)(C)C(C)(C)C. The van der Waals surface area contributed by atoms with Gasteiger partial charge in [0.05, 0.1) is 18.6 Å². The molecule has 27 heavy (non-hydrogen) atoms. The lowest BCUT2D eigenvalue weighted by Crippen LogP contribution is -2.49. The van der Waals surface area contributed by atoms with Crippen molar-refractivity contribution in [1.29, 1.82) is 0 Å². The topological polar surface area (TPSA) is 55.8 Å². The molecule has 2 amide bonds. The van der Waals surface area contributed by atoms with E-state index in [2.05, 4.69) is 46.0 Å². The van der Waals surface area contributed by atoms with Crippen molar-refractivity contribution in [2.45, 2.75) is 77.7 Å². The summed E-state index contributed by atoms with van der Waals surface area (Å²) in [4.78, 5) is 27.5. The molecule has 152 valence electrons. The summed E-state index contributed by atoms with van der Waals surface area (Å²) in [6.45, 7) is 16.9. The fourth-order valence-corrected chi connectivity index (χ4v) is 5.48. The van der Waals surface area contributed by atoms with Crippen LogP contribution >= 0.6 is 0 Å². The first-order valence-corrected chi connectivity index (χ1v) is 13.0. The number of likely N-dealkylation sites (tertiary alicyclic amines) is 1. The lowest BCUT2D eigenvalue weighted by atomic mass is 9.82. The molecule has 0 N–H and O–H groups in total. The summed E-state index contributed by atoms with van der Waals surface area (Å²) < 4.78 is 12.0. The Hall–Kier alpha value is -1.14. The van der Waals surface area contributed by atoms with E-state index in [9.17, 15) is 9.59 Å². The maximum atomic E-state index is 13.2. The molecule has 0 spiro atoms. The third-order valence-electron chi connectivity index (χ3n) is 6.83. The third-order valence-corrected chi connectivity index (χ3v) is 11.3. The van der Waals surface area contributed by atoms with E-state index in [1.165, 1.54) is 4.90 Å². The summed E-state index contributed by atoms with van der Waals surface area (Å²) in [5, 5.41) is 0.0837. The summed E-state index contributed by atoms with van der Waals surface area (Å²) in [5.74, 6) is 0.611. The number of allylic oxidation sites excluding steroid dienone is 2. The lowest BCUT2D eigenvalue weighted by molar-refractivity contribution is -0.132. The molecule has 0 aromatic heterocycles. The van der Waals surface area contributed by atoms with E-state index in [-0.39, 0.29) is 34.7 Å². The molecular weight excluding hydrogens is 358 g/mol. The van der Waals surface area contributed by atoms with Crippen LogP contribution < -0.4 is 0 Å². The highest BCUT2D eigenvalue weighted by Gasteiger charge is 2.61. The monoisotopic (exact) mass is 393 g/mol. The van der Waals surface area contributed by atoms with E-state index < -0.39 is 20.0 Å². The van der Waals surface area contributed by atoms with E-state index in [0.717, 1.165) is 6.42 Å². The van der Waals surface area contributed by atoms with Gasteiger partial charge < -0.3 is 9.16 Å². The fourth-order valence-electron chi connectivity index (χ4n) is 4.46. The number of ether oxygens (including phenoxy) is 1. The Balaban J connectivity index is 1.85. The van der Waals surface area contributed by atoms with Crippen molar-refractivity contribution in [3.63, 3.8) is 0 Å². The summed E-state index contributed by atoms with van der Waals surface area (Å²) in [5.41, 5.74) is -0.628. The van der Waals surface area contributed by atoms with Gasteiger partial charge in [0.2, 0.25) is 5.91 Å². The number of carbonyl (C=O) groups is 2. The van der Waals surface area contributed by atoms with Crippen LogP contribution in [0.3, 0.4) is 0 Å². The molecule has 1 heterocycles. The smallest absolute Gasteiger partial charge is 0.417 e. The van der Waals surface area contributed by atoms with E-state index in [1.807, 2.05) is 20.8 Å². The van der Waals surface area contributed by atoms with Crippen molar-refractivity contribution in [3.8, 4) is 0 Å². The largest absolute Gasteiger partial charge is 0.443 e. The number of hydrogen-bond donors (Lipinski definition) is 0. The van der Waals surface area contributed by atoms with E-state index in [4.69, 9.17) is 9.16 Å². The Kier molecular flexibility index (Phi) is 4.91. The predicted molar refractivity (Wildman–Crippen MR) is 108 cm³/mol. The fraction of sp³-hybridized carbons (Fsp3) is 0.810. The van der Waals surface area contributed by atoms with Gasteiger partial charge in [0.25, 0.3) is 0 Å². The lowest BCUT2D eigenvalue weighted by Gasteiger charge is -2.39. The molecule has 6 heteroatoms. The normalized spacial score (nSPS) is 33.0. The molecule has 2 aliphatic carbocycles. The summed E-state index contributed by atoms with van der Waals surface area (Å²) >= 11 is 0. The Bertz CT molecular complexity index is 658. The van der Waals surface area contributed by atoms with Gasteiger partial charge in [-0.05, 0) is 57.2 Å². The van der Waals surface area contributed by atoms with Gasteiger partial charge in [0, 0.05) is 5.92 Å². The quantitative estimate of drug-likeness (QED) is 0.520. The first-order valence-electron chi connectivity index (χ1n) is 10.1. The van der Waals surface area contributed by atoms with Crippen LogP contribution in [0, 0.1) is 23.7 Å². The predicted octanol–water partition coefficient (Wildman–Crippen LogP) is 4.59. The molecule has 1 aliphatic heterocycles. The third kappa shape index (κ3) is 3.62. The Labute approximate surface area is 164 Å². The number of amides is 2. The summed E-state index contributed by atoms with van der Waals surface area (Å²) in [6, 6.07) is -0.230. The molecule has 1 saturated carbocycles. The van der Waals surface area contributed by atoms with E-state index in [0.29, 0.717) is 12.5 Å². The summed E-state index contributed by atoms with van der Waals surface area (Å²) in [6.07, 6.45) is 4.90. The van der Waals surface area contributed by atoms with Crippen molar-refractivity contribution in [1.82, 2.24) is 4.90 Å². The van der Waals surface area contributed by atoms with Crippen LogP contribution in [0.25, 0.3) is 0 Å². The second-order valence-electron chi connectivity index (χ2n) is 10.9. The van der Waals surface area contributed by atoms with Crippen molar-refractivity contribution in [2.24, 2.45) is 23.7 Å². The maximum absolute atomic E-state index is 13.2. The maximum Gasteiger partial charge on any atom is 0.417 e. The zero-order chi connectivity index (χ0) is 20.4. The highest BCUT2D eigenvalue weighted by atomic mass is 28.4. The van der Waals surface area contributed by atoms with Gasteiger partial charge in [-0.3, -0.25) is 4.79 Å². The number of imide groups is 1. The molecule has 2 fully saturated rings. The minimum Gasteiger partial charge on any atom is -0.443 e. The van der Waals surface area contributed by atoms with Crippen molar-refractivity contribution < 1.29 is 18.8 Å². The van der Waals surface area contributed by atoms with Gasteiger partial charge in [-0.15, -0.1) is 0 Å². The van der Waals surface area contributed by atoms with E-state index >= 15 is 0 Å². The second kappa shape index (κ2) is 6.44. The molecule has 5 nitrogen and oxygen atoms in total. The van der Waals surface area contributed by atoms with Crippen LogP contribution in [0.5, 0.6) is 0 Å². The molecule has 2 bridgehead atoms. The van der Waals surface area contributed by atoms with Gasteiger partial charge in [-0.2, -0.15) is 0 Å². The number of nitrogens with zero attached hydrogens (tertiary/aromatic N) is 1. The second-order valence-corrected chi connectivity index (χ2v) is 15.7. The van der Waals surface area contributed by atoms with Crippen LogP contribution in [0.1, 0.15) is 48.0 Å². The van der Waals surface area contributed by atoms with Crippen LogP contribution in [0.15, 0.2) is 12.2 Å². The molecule has 0 aromatic rings. The standard InChI is InChI=1S/C21H35NO4Si/c1-20(2,3)26-19(24)22-15(12-25-27(7,8)21(4,5)6)16-13-9-10-14(11-13)17(16)18(22)23/h9-10,13-17H,11-12H2,1-8H3/t13-,14+,15-,16-,17-/m1/s1. The van der Waals surface area contributed by atoms with Gasteiger partial charge in [0.15, 0.2) is 8.32 Å². The average Bonchev–Trinajstić information content (AvgIpc) is 3.14. The van der Waals surface area contributed by atoms with Crippen molar-refractivity contribution in [3.05, 3.63) is 12.2 Å². The van der Waals surface area contributed by atoms with Crippen LogP contribution in [0.2, 0.25) is 18.1 Å². The first-order chi connectivity index (χ1) is 12.2. The molecular formula is C21H35NO4Si. The summed E-state index contributed by atoms with van der Waals surface area (Å²) in [7, 11) is -1.98. The first kappa shape index (κ1) is 20.6. The number of carbonyl (C=O) groups excluding carboxylic acids is 2. The molecule has 5 atom stereocenters. The number of fused-ring (bicyclic) bond motifs is 5. The number of hydrogen-bond acceptors (Lipinski definition) is 4. The highest BCUT2D eigenvalue weighted by molar-refractivity contribution is 6.74. The van der Waals surface area contributed by atoms with Crippen LogP contribution in [0.4, 0.5) is 4.79 Å². The highest BCUT2D eigenvalue weighted by Crippen LogP contribution is 2.55. The molecule has 1 saturated heterocycles. The zero-order valence-corrected chi connectivity index (χ0v) is 19.0.